The first-order chi connectivity index (χ1) is 15.2. The van der Waals surface area contributed by atoms with Gasteiger partial charge in [0.1, 0.15) is 11.6 Å². The summed E-state index contributed by atoms with van der Waals surface area (Å²) in [5.41, 5.74) is 4.10. The summed E-state index contributed by atoms with van der Waals surface area (Å²) in [5.74, 6) is 1.53. The Morgan fingerprint density at radius 3 is 2.45 bits per heavy atom. The van der Waals surface area contributed by atoms with Crippen molar-refractivity contribution in [2.45, 2.75) is 18.9 Å². The van der Waals surface area contributed by atoms with Crippen molar-refractivity contribution in [3.8, 4) is 5.75 Å². The summed E-state index contributed by atoms with van der Waals surface area (Å²) in [6.45, 7) is 0.561. The highest BCUT2D eigenvalue weighted by Gasteiger charge is 2.19. The molecule has 1 atom stereocenters. The number of aromatic nitrogens is 2. The van der Waals surface area contributed by atoms with Gasteiger partial charge >= 0.3 is 6.03 Å². The molecule has 158 valence electrons. The summed E-state index contributed by atoms with van der Waals surface area (Å²) >= 11 is 0. The second-order valence-corrected chi connectivity index (χ2v) is 7.38. The van der Waals surface area contributed by atoms with Crippen LogP contribution in [0.4, 0.5) is 4.79 Å². The van der Waals surface area contributed by atoms with Crippen molar-refractivity contribution in [3.05, 3.63) is 95.8 Å². The quantitative estimate of drug-likeness (QED) is 0.400. The van der Waals surface area contributed by atoms with Crippen LogP contribution < -0.4 is 15.4 Å². The van der Waals surface area contributed by atoms with E-state index in [1.165, 1.54) is 5.56 Å². The molecule has 4 rings (SSSR count). The van der Waals surface area contributed by atoms with Gasteiger partial charge in [-0.05, 0) is 48.2 Å². The number of para-hydroxylation sites is 2. The molecule has 3 N–H and O–H groups in total. The summed E-state index contributed by atoms with van der Waals surface area (Å²) in [6.07, 6.45) is 1.39. The minimum Gasteiger partial charge on any atom is -0.497 e. The van der Waals surface area contributed by atoms with Gasteiger partial charge in [-0.1, -0.05) is 54.6 Å². The topological polar surface area (TPSA) is 79.0 Å². The molecule has 0 aliphatic heterocycles. The maximum Gasteiger partial charge on any atom is 0.315 e. The molecule has 4 aromatic rings. The fourth-order valence-electron chi connectivity index (χ4n) is 3.53. The number of nitrogens with one attached hydrogen (secondary N) is 3. The molecule has 0 saturated heterocycles. The molecule has 1 aromatic heterocycles. The number of hydrogen-bond acceptors (Lipinski definition) is 3. The zero-order chi connectivity index (χ0) is 21.5. The Balaban J connectivity index is 1.46. The number of urea groups is 1. The number of methoxy groups -OCH3 is 1. The lowest BCUT2D eigenvalue weighted by molar-refractivity contribution is 0.236. The van der Waals surface area contributed by atoms with Gasteiger partial charge in [0.05, 0.1) is 24.2 Å². The SMILES string of the molecule is COc1ccc(CC(NC(=O)NCCc2ccccc2)c2nc3ccccc3[nH]2)cc1. The molecule has 0 radical (unpaired) electrons. The van der Waals surface area contributed by atoms with Crippen LogP contribution in [0.15, 0.2) is 78.9 Å². The average Bonchev–Trinajstić information content (AvgIpc) is 3.24. The number of aromatic amines is 1. The van der Waals surface area contributed by atoms with Crippen molar-refractivity contribution < 1.29 is 9.53 Å². The Bertz CT molecular complexity index is 1090. The van der Waals surface area contributed by atoms with Crippen molar-refractivity contribution in [2.75, 3.05) is 13.7 Å². The first kappa shape index (κ1) is 20.5. The standard InChI is InChI=1S/C25H26N4O2/c1-31-20-13-11-19(12-14-20)17-23(24-27-21-9-5-6-10-22(21)28-24)29-25(30)26-16-15-18-7-3-2-4-8-18/h2-14,23H,15-17H2,1H3,(H,27,28)(H2,26,29,30). The third-order valence-corrected chi connectivity index (χ3v) is 5.18. The molecule has 1 unspecified atom stereocenters. The first-order valence-corrected chi connectivity index (χ1v) is 10.4. The van der Waals surface area contributed by atoms with E-state index in [-0.39, 0.29) is 12.1 Å². The van der Waals surface area contributed by atoms with Crippen LogP contribution in [-0.4, -0.2) is 29.7 Å². The Morgan fingerprint density at radius 2 is 1.71 bits per heavy atom. The minimum atomic E-state index is -0.294. The molecule has 6 nitrogen and oxygen atoms in total. The van der Waals surface area contributed by atoms with E-state index in [9.17, 15) is 4.79 Å². The van der Waals surface area contributed by atoms with E-state index in [1.54, 1.807) is 7.11 Å². The van der Waals surface area contributed by atoms with E-state index in [0.29, 0.717) is 13.0 Å². The van der Waals surface area contributed by atoms with Crippen molar-refractivity contribution in [3.63, 3.8) is 0 Å². The van der Waals surface area contributed by atoms with Crippen LogP contribution in [0, 0.1) is 0 Å². The van der Waals surface area contributed by atoms with Gasteiger partial charge in [-0.25, -0.2) is 9.78 Å². The highest BCUT2D eigenvalue weighted by atomic mass is 16.5. The molecule has 1 heterocycles. The van der Waals surface area contributed by atoms with Crippen LogP contribution in [0.3, 0.4) is 0 Å². The van der Waals surface area contributed by atoms with Crippen molar-refractivity contribution in [2.24, 2.45) is 0 Å². The number of carbonyl (C=O) groups is 1. The summed E-state index contributed by atoms with van der Waals surface area (Å²) < 4.78 is 5.25. The van der Waals surface area contributed by atoms with E-state index in [4.69, 9.17) is 9.72 Å². The van der Waals surface area contributed by atoms with Gasteiger partial charge < -0.3 is 20.4 Å². The Labute approximate surface area is 181 Å². The molecular formula is C25H26N4O2. The van der Waals surface area contributed by atoms with Gasteiger partial charge in [0, 0.05) is 6.54 Å². The summed E-state index contributed by atoms with van der Waals surface area (Å²) in [7, 11) is 1.65. The maximum atomic E-state index is 12.6. The van der Waals surface area contributed by atoms with E-state index in [0.717, 1.165) is 34.6 Å². The molecule has 0 spiro atoms. The van der Waals surface area contributed by atoms with Crippen molar-refractivity contribution >= 4 is 17.1 Å². The second kappa shape index (κ2) is 9.80. The number of carbonyl (C=O) groups excluding carboxylic acids is 1. The third kappa shape index (κ3) is 5.42. The monoisotopic (exact) mass is 414 g/mol. The number of rotatable bonds is 8. The summed E-state index contributed by atoms with van der Waals surface area (Å²) in [4.78, 5) is 20.7. The highest BCUT2D eigenvalue weighted by molar-refractivity contribution is 5.76. The van der Waals surface area contributed by atoms with Crippen LogP contribution in [-0.2, 0) is 12.8 Å². The lowest BCUT2D eigenvalue weighted by Gasteiger charge is -2.18. The number of ether oxygens (including phenoxy) is 1. The molecule has 31 heavy (non-hydrogen) atoms. The Morgan fingerprint density at radius 1 is 0.968 bits per heavy atom. The largest absolute Gasteiger partial charge is 0.497 e. The fourth-order valence-corrected chi connectivity index (χ4v) is 3.53. The van der Waals surface area contributed by atoms with E-state index in [2.05, 4.69) is 27.8 Å². The van der Waals surface area contributed by atoms with Gasteiger partial charge in [0.2, 0.25) is 0 Å². The zero-order valence-corrected chi connectivity index (χ0v) is 17.5. The van der Waals surface area contributed by atoms with Gasteiger partial charge in [0.25, 0.3) is 0 Å². The van der Waals surface area contributed by atoms with Crippen molar-refractivity contribution in [1.82, 2.24) is 20.6 Å². The highest BCUT2D eigenvalue weighted by Crippen LogP contribution is 2.21. The summed E-state index contributed by atoms with van der Waals surface area (Å²) in [6, 6.07) is 25.3. The molecule has 2 amide bonds. The van der Waals surface area contributed by atoms with Crippen LogP contribution in [0.2, 0.25) is 0 Å². The number of nitrogens with zero attached hydrogens (tertiary/aromatic N) is 1. The molecule has 0 fully saturated rings. The molecule has 0 aliphatic rings. The van der Waals surface area contributed by atoms with E-state index < -0.39 is 0 Å². The Hall–Kier alpha value is -3.80. The van der Waals surface area contributed by atoms with Gasteiger partial charge in [-0.15, -0.1) is 0 Å². The number of amides is 2. The molecule has 0 bridgehead atoms. The predicted octanol–water partition coefficient (Wildman–Crippen LogP) is 4.40. The van der Waals surface area contributed by atoms with Gasteiger partial charge in [-0.2, -0.15) is 0 Å². The number of hydrogen-bond donors (Lipinski definition) is 3. The fraction of sp³-hybridized carbons (Fsp3) is 0.200. The average molecular weight is 415 g/mol. The normalized spacial score (nSPS) is 11.8. The molecule has 3 aromatic carbocycles. The van der Waals surface area contributed by atoms with Crippen LogP contribution in [0.25, 0.3) is 11.0 Å². The van der Waals surface area contributed by atoms with E-state index >= 15 is 0 Å². The molecular weight excluding hydrogens is 388 g/mol. The van der Waals surface area contributed by atoms with Crippen molar-refractivity contribution in [1.29, 1.82) is 0 Å². The number of fused-ring (bicyclic) bond motifs is 1. The minimum absolute atomic E-state index is 0.213. The van der Waals surface area contributed by atoms with Crippen LogP contribution in [0.1, 0.15) is 23.0 Å². The molecule has 0 aliphatic carbocycles. The van der Waals surface area contributed by atoms with Gasteiger partial charge in [0.15, 0.2) is 0 Å². The Kier molecular flexibility index (Phi) is 6.47. The first-order valence-electron chi connectivity index (χ1n) is 10.4. The number of H-pyrrole nitrogens is 1. The second-order valence-electron chi connectivity index (χ2n) is 7.38. The number of imidazole rings is 1. The van der Waals surface area contributed by atoms with E-state index in [1.807, 2.05) is 66.7 Å². The van der Waals surface area contributed by atoms with Crippen LogP contribution in [0.5, 0.6) is 5.75 Å². The summed E-state index contributed by atoms with van der Waals surface area (Å²) in [5, 5.41) is 6.04. The lowest BCUT2D eigenvalue weighted by Crippen LogP contribution is -2.40. The smallest absolute Gasteiger partial charge is 0.315 e. The number of benzene rings is 3. The predicted molar refractivity (Wildman–Crippen MR) is 122 cm³/mol. The molecule has 0 saturated carbocycles. The van der Waals surface area contributed by atoms with Gasteiger partial charge in [-0.3, -0.25) is 0 Å². The van der Waals surface area contributed by atoms with Crippen LogP contribution >= 0.6 is 0 Å². The maximum absolute atomic E-state index is 12.6. The lowest BCUT2D eigenvalue weighted by atomic mass is 10.1. The molecule has 6 heteroatoms. The zero-order valence-electron chi connectivity index (χ0n) is 17.5. The third-order valence-electron chi connectivity index (χ3n) is 5.18.